The van der Waals surface area contributed by atoms with Crippen molar-refractivity contribution in [1.29, 1.82) is 0 Å². The van der Waals surface area contributed by atoms with Crippen LogP contribution in [0.5, 0.6) is 0 Å². The first kappa shape index (κ1) is 14.8. The van der Waals surface area contributed by atoms with E-state index in [9.17, 15) is 0 Å². The summed E-state index contributed by atoms with van der Waals surface area (Å²) in [6, 6.07) is 12.3. The fourth-order valence-corrected chi connectivity index (χ4v) is 5.33. The van der Waals surface area contributed by atoms with E-state index in [-0.39, 0.29) is 0 Å². The number of hydrogen-bond donors (Lipinski definition) is 0. The quantitative estimate of drug-likeness (QED) is 0.734. The molecule has 1 fully saturated rings. The molecule has 0 spiro atoms. The van der Waals surface area contributed by atoms with E-state index in [1.165, 1.54) is 50.0 Å². The molecule has 19 heavy (non-hydrogen) atoms. The Balaban J connectivity index is 2.01. The van der Waals surface area contributed by atoms with Crippen molar-refractivity contribution in [1.82, 2.24) is 4.90 Å². The lowest BCUT2D eigenvalue weighted by molar-refractivity contribution is 0.221. The normalized spacial score (nSPS) is 17.6. The van der Waals surface area contributed by atoms with Gasteiger partial charge in [-0.05, 0) is 31.5 Å². The van der Waals surface area contributed by atoms with Gasteiger partial charge in [-0.25, -0.2) is 0 Å². The van der Waals surface area contributed by atoms with Crippen LogP contribution in [0.2, 0.25) is 18.6 Å². The Bertz CT molecular complexity index is 375. The number of rotatable bonds is 5. The first-order chi connectivity index (χ1) is 9.18. The van der Waals surface area contributed by atoms with Gasteiger partial charge in [0.15, 0.2) is 0 Å². The van der Waals surface area contributed by atoms with Crippen molar-refractivity contribution in [2.45, 2.75) is 58.3 Å². The molecule has 1 aromatic rings. The molecule has 1 aromatic carbocycles. The van der Waals surface area contributed by atoms with Crippen LogP contribution in [-0.4, -0.2) is 26.1 Å². The van der Waals surface area contributed by atoms with Gasteiger partial charge in [-0.15, -0.1) is 0 Å². The molecule has 1 aliphatic rings. The van der Waals surface area contributed by atoms with Crippen LogP contribution < -0.4 is 5.19 Å². The highest BCUT2D eigenvalue weighted by molar-refractivity contribution is 6.90. The van der Waals surface area contributed by atoms with Crippen LogP contribution in [0.1, 0.15) is 38.7 Å². The Morgan fingerprint density at radius 1 is 0.947 bits per heavy atom. The molecule has 1 heterocycles. The van der Waals surface area contributed by atoms with E-state index in [0.717, 1.165) is 6.54 Å². The highest BCUT2D eigenvalue weighted by Gasteiger charge is 2.24. The molecule has 0 aliphatic carbocycles. The minimum Gasteiger partial charge on any atom is -0.299 e. The molecular weight excluding hydrogens is 246 g/mol. The number of piperidine rings is 1. The molecule has 0 unspecified atom stereocenters. The van der Waals surface area contributed by atoms with Crippen LogP contribution >= 0.6 is 0 Å². The molecule has 0 bridgehead atoms. The van der Waals surface area contributed by atoms with E-state index in [1.54, 1.807) is 5.19 Å². The van der Waals surface area contributed by atoms with E-state index in [4.69, 9.17) is 0 Å². The molecule has 0 N–H and O–H groups in total. The highest BCUT2D eigenvalue weighted by Crippen LogP contribution is 2.16. The Morgan fingerprint density at radius 3 is 2.05 bits per heavy atom. The van der Waals surface area contributed by atoms with Crippen LogP contribution in [0.4, 0.5) is 0 Å². The molecule has 1 nitrogen and oxygen atoms in total. The molecular formula is C17H29NSi. The summed E-state index contributed by atoms with van der Waals surface area (Å²) in [5, 5.41) is 1.64. The summed E-state index contributed by atoms with van der Waals surface area (Å²) in [7, 11) is -1.16. The maximum absolute atomic E-state index is 2.61. The fourth-order valence-electron chi connectivity index (χ4n) is 3.05. The van der Waals surface area contributed by atoms with Crippen LogP contribution in [0.25, 0.3) is 0 Å². The zero-order chi connectivity index (χ0) is 13.7. The molecule has 2 rings (SSSR count). The third-order valence-electron chi connectivity index (χ3n) is 5.07. The van der Waals surface area contributed by atoms with Gasteiger partial charge >= 0.3 is 0 Å². The number of benzene rings is 1. The second-order valence-corrected chi connectivity index (χ2v) is 11.4. The Labute approximate surface area is 120 Å². The minimum absolute atomic E-state index is 1.15. The molecule has 0 radical (unpaired) electrons. The van der Waals surface area contributed by atoms with Crippen LogP contribution in [-0.2, 0) is 6.54 Å². The summed E-state index contributed by atoms with van der Waals surface area (Å²) < 4.78 is 0. The van der Waals surface area contributed by atoms with Crippen molar-refractivity contribution in [3.8, 4) is 0 Å². The first-order valence-electron chi connectivity index (χ1n) is 7.99. The number of hydrogen-bond acceptors (Lipinski definition) is 1. The number of nitrogens with zero attached hydrogens (tertiary/aromatic N) is 1. The van der Waals surface area contributed by atoms with Crippen LogP contribution in [0.3, 0.4) is 0 Å². The summed E-state index contributed by atoms with van der Waals surface area (Å²) in [4.78, 5) is 2.61. The average molecular weight is 276 g/mol. The van der Waals surface area contributed by atoms with Crippen molar-refractivity contribution in [2.24, 2.45) is 0 Å². The third-order valence-corrected chi connectivity index (χ3v) is 9.91. The minimum atomic E-state index is -1.16. The van der Waals surface area contributed by atoms with E-state index >= 15 is 0 Å². The van der Waals surface area contributed by atoms with Gasteiger partial charge in [0.25, 0.3) is 0 Å². The van der Waals surface area contributed by atoms with E-state index < -0.39 is 8.07 Å². The Kier molecular flexibility index (Phi) is 5.23. The molecule has 2 heteroatoms. The van der Waals surface area contributed by atoms with Gasteiger partial charge in [-0.1, -0.05) is 68.4 Å². The predicted octanol–water partition coefficient (Wildman–Crippen LogP) is 4.00. The second kappa shape index (κ2) is 6.71. The van der Waals surface area contributed by atoms with Crippen molar-refractivity contribution < 1.29 is 0 Å². The summed E-state index contributed by atoms with van der Waals surface area (Å²) >= 11 is 0. The van der Waals surface area contributed by atoms with Crippen molar-refractivity contribution in [3.63, 3.8) is 0 Å². The highest BCUT2D eigenvalue weighted by atomic mass is 28.3. The maximum Gasteiger partial charge on any atom is 0.0831 e. The van der Waals surface area contributed by atoms with E-state index in [0.29, 0.717) is 0 Å². The first-order valence-corrected chi connectivity index (χ1v) is 10.9. The lowest BCUT2D eigenvalue weighted by Crippen LogP contribution is -2.43. The van der Waals surface area contributed by atoms with Crippen LogP contribution in [0.15, 0.2) is 24.3 Å². The molecule has 0 saturated carbocycles. The lowest BCUT2D eigenvalue weighted by Gasteiger charge is -2.27. The number of likely N-dealkylation sites (tertiary alicyclic amines) is 1. The molecule has 106 valence electrons. The average Bonchev–Trinajstić information content (AvgIpc) is 2.48. The monoisotopic (exact) mass is 275 g/mol. The van der Waals surface area contributed by atoms with Gasteiger partial charge in [0, 0.05) is 6.54 Å². The standard InChI is InChI=1S/C17H29NSi/c1-4-19(3,5-2)17-11-9-16(10-12-17)15-18-13-7-6-8-14-18/h9-12H,4-8,13-15H2,1-3H3. The van der Waals surface area contributed by atoms with E-state index in [2.05, 4.69) is 49.6 Å². The Hall–Kier alpha value is -0.603. The van der Waals surface area contributed by atoms with Gasteiger partial charge in [-0.2, -0.15) is 0 Å². The summed E-state index contributed by atoms with van der Waals surface area (Å²) in [5.74, 6) is 0. The largest absolute Gasteiger partial charge is 0.299 e. The van der Waals surface area contributed by atoms with Gasteiger partial charge in [-0.3, -0.25) is 4.90 Å². The predicted molar refractivity (Wildman–Crippen MR) is 87.8 cm³/mol. The van der Waals surface area contributed by atoms with Crippen molar-refractivity contribution in [3.05, 3.63) is 29.8 Å². The van der Waals surface area contributed by atoms with Crippen molar-refractivity contribution in [2.75, 3.05) is 13.1 Å². The molecule has 0 atom stereocenters. The summed E-state index contributed by atoms with van der Waals surface area (Å²) in [6.07, 6.45) is 4.19. The zero-order valence-corrected chi connectivity index (χ0v) is 13.9. The van der Waals surface area contributed by atoms with Crippen LogP contribution in [0, 0.1) is 0 Å². The topological polar surface area (TPSA) is 3.24 Å². The zero-order valence-electron chi connectivity index (χ0n) is 12.9. The second-order valence-electron chi connectivity index (χ2n) is 6.30. The van der Waals surface area contributed by atoms with Gasteiger partial charge in [0.2, 0.25) is 0 Å². The molecule has 0 amide bonds. The summed E-state index contributed by atoms with van der Waals surface area (Å²) in [5.41, 5.74) is 1.49. The van der Waals surface area contributed by atoms with Gasteiger partial charge in [0.05, 0.1) is 8.07 Å². The van der Waals surface area contributed by atoms with E-state index in [1.807, 2.05) is 0 Å². The maximum atomic E-state index is 2.61. The van der Waals surface area contributed by atoms with Crippen molar-refractivity contribution >= 4 is 13.3 Å². The fraction of sp³-hybridized carbons (Fsp3) is 0.647. The summed E-state index contributed by atoms with van der Waals surface area (Å²) in [6.45, 7) is 11.0. The van der Waals surface area contributed by atoms with Gasteiger partial charge < -0.3 is 0 Å². The molecule has 0 aromatic heterocycles. The van der Waals surface area contributed by atoms with Gasteiger partial charge in [0.1, 0.15) is 0 Å². The third kappa shape index (κ3) is 3.70. The molecule has 1 saturated heterocycles. The smallest absolute Gasteiger partial charge is 0.0831 e. The molecule has 1 aliphatic heterocycles. The SMILES string of the molecule is CC[Si](C)(CC)c1ccc(CN2CCCCC2)cc1. The lowest BCUT2D eigenvalue weighted by atomic mass is 10.1. The Morgan fingerprint density at radius 2 is 1.53 bits per heavy atom.